The summed E-state index contributed by atoms with van der Waals surface area (Å²) in [4.78, 5) is 19.0. The van der Waals surface area contributed by atoms with Crippen LogP contribution in [0.5, 0.6) is 0 Å². The fourth-order valence-corrected chi connectivity index (χ4v) is 3.63. The fraction of sp³-hybridized carbons (Fsp3) is 0.692. The number of aromatic nitrogens is 2. The van der Waals surface area contributed by atoms with E-state index in [9.17, 15) is 4.79 Å². The van der Waals surface area contributed by atoms with E-state index >= 15 is 0 Å². The van der Waals surface area contributed by atoms with E-state index in [1.54, 1.807) is 6.07 Å². The molecule has 0 atom stereocenters. The molecule has 1 heterocycles. The van der Waals surface area contributed by atoms with Crippen LogP contribution in [0.15, 0.2) is 10.9 Å². The molecule has 0 amide bonds. The lowest BCUT2D eigenvalue weighted by molar-refractivity contribution is 0.886. The monoisotopic (exact) mass is 250 g/mol. The van der Waals surface area contributed by atoms with Gasteiger partial charge in [0, 0.05) is 17.2 Å². The van der Waals surface area contributed by atoms with Crippen LogP contribution >= 0.6 is 11.8 Å². The van der Waals surface area contributed by atoms with Crippen molar-refractivity contribution in [2.45, 2.75) is 55.4 Å². The maximum Gasteiger partial charge on any atom is 0.251 e. The van der Waals surface area contributed by atoms with Crippen LogP contribution < -0.4 is 5.56 Å². The summed E-state index contributed by atoms with van der Waals surface area (Å²) in [7, 11) is 0. The molecular weight excluding hydrogens is 232 g/mol. The number of nitrogens with one attached hydrogen (secondary N) is 1. The summed E-state index contributed by atoms with van der Waals surface area (Å²) in [5.74, 6) is 2.30. The Balaban J connectivity index is 1.66. The number of hydrogen-bond acceptors (Lipinski definition) is 3. The number of hydrogen-bond donors (Lipinski definition) is 1. The minimum Gasteiger partial charge on any atom is -0.310 e. The van der Waals surface area contributed by atoms with Crippen molar-refractivity contribution in [3.8, 4) is 0 Å². The molecule has 0 unspecified atom stereocenters. The second kappa shape index (κ2) is 4.84. The smallest absolute Gasteiger partial charge is 0.251 e. The van der Waals surface area contributed by atoms with Gasteiger partial charge in [0.1, 0.15) is 5.82 Å². The van der Waals surface area contributed by atoms with Crippen LogP contribution in [-0.2, 0) is 5.75 Å². The Kier molecular flexibility index (Phi) is 3.23. The van der Waals surface area contributed by atoms with Crippen molar-refractivity contribution in [1.29, 1.82) is 0 Å². The molecule has 2 fully saturated rings. The molecule has 3 nitrogen and oxygen atoms in total. The lowest BCUT2D eigenvalue weighted by atomic mass is 10.3. The van der Waals surface area contributed by atoms with E-state index in [4.69, 9.17) is 0 Å². The van der Waals surface area contributed by atoms with Crippen molar-refractivity contribution >= 4 is 11.8 Å². The molecule has 1 aromatic heterocycles. The molecule has 0 radical (unpaired) electrons. The van der Waals surface area contributed by atoms with Crippen molar-refractivity contribution in [2.75, 3.05) is 0 Å². The first-order valence-electron chi connectivity index (χ1n) is 6.53. The lowest BCUT2D eigenvalue weighted by Crippen LogP contribution is -2.12. The molecule has 92 valence electrons. The van der Waals surface area contributed by atoms with Gasteiger partial charge in [-0.2, -0.15) is 11.8 Å². The Morgan fingerprint density at radius 3 is 2.76 bits per heavy atom. The average molecular weight is 250 g/mol. The van der Waals surface area contributed by atoms with Crippen molar-refractivity contribution in [3.63, 3.8) is 0 Å². The third-order valence-electron chi connectivity index (χ3n) is 3.56. The van der Waals surface area contributed by atoms with Gasteiger partial charge in [-0.05, 0) is 25.7 Å². The summed E-state index contributed by atoms with van der Waals surface area (Å²) < 4.78 is 0. The Labute approximate surface area is 105 Å². The van der Waals surface area contributed by atoms with Gasteiger partial charge in [-0.3, -0.25) is 4.79 Å². The number of rotatable bonds is 4. The van der Waals surface area contributed by atoms with Crippen LogP contribution in [0.4, 0.5) is 0 Å². The van der Waals surface area contributed by atoms with Crippen LogP contribution in [0.3, 0.4) is 0 Å². The van der Waals surface area contributed by atoms with Crippen LogP contribution in [0.1, 0.15) is 56.0 Å². The lowest BCUT2D eigenvalue weighted by Gasteiger charge is -2.08. The predicted molar refractivity (Wildman–Crippen MR) is 70.4 cm³/mol. The third kappa shape index (κ3) is 2.92. The van der Waals surface area contributed by atoms with Crippen LogP contribution in [-0.4, -0.2) is 15.2 Å². The first-order chi connectivity index (χ1) is 8.31. The number of aromatic amines is 1. The molecule has 0 aliphatic heterocycles. The van der Waals surface area contributed by atoms with Crippen molar-refractivity contribution < 1.29 is 0 Å². The van der Waals surface area contributed by atoms with Gasteiger partial charge in [0.2, 0.25) is 0 Å². The van der Waals surface area contributed by atoms with Gasteiger partial charge in [0.25, 0.3) is 5.56 Å². The maximum absolute atomic E-state index is 11.5. The summed E-state index contributed by atoms with van der Waals surface area (Å²) >= 11 is 1.95. The topological polar surface area (TPSA) is 45.8 Å². The molecule has 2 aliphatic carbocycles. The van der Waals surface area contributed by atoms with Gasteiger partial charge in [-0.1, -0.05) is 12.8 Å². The number of H-pyrrole nitrogens is 1. The molecule has 1 aromatic rings. The Bertz CT molecular complexity index is 447. The van der Waals surface area contributed by atoms with Crippen LogP contribution in [0.2, 0.25) is 0 Å². The van der Waals surface area contributed by atoms with E-state index in [0.29, 0.717) is 5.92 Å². The Morgan fingerprint density at radius 2 is 2.06 bits per heavy atom. The second-order valence-corrected chi connectivity index (χ2v) is 6.40. The normalized spacial score (nSPS) is 20.9. The fourth-order valence-electron chi connectivity index (χ4n) is 2.44. The minimum absolute atomic E-state index is 0.0175. The van der Waals surface area contributed by atoms with Crippen molar-refractivity contribution in [1.82, 2.24) is 9.97 Å². The molecule has 4 heteroatoms. The highest BCUT2D eigenvalue weighted by molar-refractivity contribution is 7.99. The van der Waals surface area contributed by atoms with Gasteiger partial charge in [-0.25, -0.2) is 4.98 Å². The highest BCUT2D eigenvalue weighted by Crippen LogP contribution is 2.38. The zero-order chi connectivity index (χ0) is 11.7. The molecule has 0 bridgehead atoms. The largest absolute Gasteiger partial charge is 0.310 e. The summed E-state index contributed by atoms with van der Waals surface area (Å²) in [5, 5.41) is 0.782. The standard InChI is InChI=1S/C13H18N2OS/c16-13-7-11(9-5-6-9)14-12(15-13)8-17-10-3-1-2-4-10/h7,9-10H,1-6,8H2,(H,14,15,16). The van der Waals surface area contributed by atoms with Gasteiger partial charge in [-0.15, -0.1) is 0 Å². The highest BCUT2D eigenvalue weighted by atomic mass is 32.2. The van der Waals surface area contributed by atoms with E-state index < -0.39 is 0 Å². The quantitative estimate of drug-likeness (QED) is 0.893. The third-order valence-corrected chi connectivity index (χ3v) is 4.95. The van der Waals surface area contributed by atoms with Crippen LogP contribution in [0.25, 0.3) is 0 Å². The van der Waals surface area contributed by atoms with Crippen LogP contribution in [0, 0.1) is 0 Å². The SMILES string of the molecule is O=c1cc(C2CC2)nc(CSC2CCCC2)[nH]1. The zero-order valence-corrected chi connectivity index (χ0v) is 10.8. The van der Waals surface area contributed by atoms with Crippen molar-refractivity contribution in [2.24, 2.45) is 0 Å². The Morgan fingerprint density at radius 1 is 1.29 bits per heavy atom. The predicted octanol–water partition coefficient (Wildman–Crippen LogP) is 2.82. The van der Waals surface area contributed by atoms with Gasteiger partial charge in [0.05, 0.1) is 11.4 Å². The number of thioether (sulfide) groups is 1. The van der Waals surface area contributed by atoms with E-state index in [0.717, 1.165) is 22.5 Å². The van der Waals surface area contributed by atoms with Gasteiger partial charge in [0.15, 0.2) is 0 Å². The molecular formula is C13H18N2OS. The summed E-state index contributed by atoms with van der Waals surface area (Å²) in [6, 6.07) is 1.67. The molecule has 2 saturated carbocycles. The summed E-state index contributed by atoms with van der Waals surface area (Å²) in [6.45, 7) is 0. The minimum atomic E-state index is 0.0175. The molecule has 2 aliphatic rings. The molecule has 17 heavy (non-hydrogen) atoms. The first-order valence-corrected chi connectivity index (χ1v) is 7.58. The highest BCUT2D eigenvalue weighted by Gasteiger charge is 2.26. The number of nitrogens with zero attached hydrogens (tertiary/aromatic N) is 1. The molecule has 0 aromatic carbocycles. The molecule has 1 N–H and O–H groups in total. The van der Waals surface area contributed by atoms with E-state index in [1.165, 1.54) is 38.5 Å². The molecule has 0 saturated heterocycles. The molecule has 0 spiro atoms. The molecule has 3 rings (SSSR count). The second-order valence-electron chi connectivity index (χ2n) is 5.11. The Hall–Kier alpha value is -0.770. The van der Waals surface area contributed by atoms with Crippen molar-refractivity contribution in [3.05, 3.63) is 27.9 Å². The summed E-state index contributed by atoms with van der Waals surface area (Å²) in [5.41, 5.74) is 1.03. The summed E-state index contributed by atoms with van der Waals surface area (Å²) in [6.07, 6.45) is 7.79. The first kappa shape index (κ1) is 11.3. The average Bonchev–Trinajstić information content (AvgIpc) is 3.04. The maximum atomic E-state index is 11.5. The zero-order valence-electron chi connectivity index (χ0n) is 9.95. The van der Waals surface area contributed by atoms with E-state index in [1.807, 2.05) is 11.8 Å². The van der Waals surface area contributed by atoms with E-state index in [2.05, 4.69) is 9.97 Å². The van der Waals surface area contributed by atoms with E-state index in [-0.39, 0.29) is 5.56 Å². The van der Waals surface area contributed by atoms with Gasteiger partial charge >= 0.3 is 0 Å². The van der Waals surface area contributed by atoms with Gasteiger partial charge < -0.3 is 4.98 Å².